The Balaban J connectivity index is 0.000000705. The molecule has 2 N–H and O–H groups in total. The lowest BCUT2D eigenvalue weighted by Crippen LogP contribution is -2.21. The van der Waals surface area contributed by atoms with Crippen molar-refractivity contribution in [3.63, 3.8) is 0 Å². The number of rotatable bonds is 5. The third-order valence-electron chi connectivity index (χ3n) is 4.77. The van der Waals surface area contributed by atoms with E-state index in [0.29, 0.717) is 12.2 Å². The first-order valence-electron chi connectivity index (χ1n) is 9.00. The summed E-state index contributed by atoms with van der Waals surface area (Å²) in [6.45, 7) is 10.6. The number of hydrogen-bond acceptors (Lipinski definition) is 2. The average Bonchev–Trinajstić information content (AvgIpc) is 2.55. The van der Waals surface area contributed by atoms with Crippen LogP contribution in [0, 0.1) is 12.8 Å². The van der Waals surface area contributed by atoms with Crippen LogP contribution < -0.4 is 0 Å². The van der Waals surface area contributed by atoms with Crippen molar-refractivity contribution < 1.29 is 19.8 Å². The summed E-state index contributed by atoms with van der Waals surface area (Å²) in [6, 6.07) is 4.50. The van der Waals surface area contributed by atoms with Crippen LogP contribution in [0.1, 0.15) is 61.8 Å². The molecule has 25 heavy (non-hydrogen) atoms. The van der Waals surface area contributed by atoms with Gasteiger partial charge in [0.05, 0.1) is 0 Å². The van der Waals surface area contributed by atoms with Crippen LogP contribution in [-0.4, -0.2) is 22.2 Å². The number of allylic oxidation sites excluding steroid dienone is 1. The Bertz CT molecular complexity index is 602. The molecule has 0 amide bonds. The van der Waals surface area contributed by atoms with Crippen molar-refractivity contribution in [1.82, 2.24) is 0 Å². The summed E-state index contributed by atoms with van der Waals surface area (Å²) in [6.07, 6.45) is 4.99. The molecule has 1 aliphatic carbocycles. The second kappa shape index (κ2) is 10.0. The second-order valence-corrected chi connectivity index (χ2v) is 6.74. The van der Waals surface area contributed by atoms with E-state index in [1.54, 1.807) is 0 Å². The minimum Gasteiger partial charge on any atom is -0.450 e. The fourth-order valence-electron chi connectivity index (χ4n) is 3.57. The van der Waals surface area contributed by atoms with E-state index in [2.05, 4.69) is 39.5 Å². The van der Waals surface area contributed by atoms with E-state index in [9.17, 15) is 4.79 Å². The van der Waals surface area contributed by atoms with E-state index >= 15 is 0 Å². The maximum absolute atomic E-state index is 12.7. The van der Waals surface area contributed by atoms with Crippen LogP contribution >= 0.6 is 0 Å². The van der Waals surface area contributed by atoms with Crippen molar-refractivity contribution in [3.8, 4) is 0 Å². The molecule has 1 unspecified atom stereocenters. The predicted octanol–water partition coefficient (Wildman–Crippen LogP) is 5.20. The summed E-state index contributed by atoms with van der Waals surface area (Å²) >= 11 is 0. The summed E-state index contributed by atoms with van der Waals surface area (Å²) in [5.41, 5.74) is 6.58. The Morgan fingerprint density at radius 2 is 1.68 bits per heavy atom. The zero-order valence-electron chi connectivity index (χ0n) is 15.6. The molecule has 1 aromatic rings. The van der Waals surface area contributed by atoms with E-state index < -0.39 is 6.16 Å². The van der Waals surface area contributed by atoms with Crippen LogP contribution in [0.3, 0.4) is 0 Å². The monoisotopic (exact) mass is 346 g/mol. The molecule has 1 aromatic carbocycles. The SMILES string of the molecule is C=C1CCCC(C(=O)Cc2c(CC)cc(C)cc2CC)C1.O=C(O)O. The van der Waals surface area contributed by atoms with Crippen LogP contribution in [0.2, 0.25) is 0 Å². The van der Waals surface area contributed by atoms with E-state index in [-0.39, 0.29) is 5.92 Å². The molecule has 1 fully saturated rings. The van der Waals surface area contributed by atoms with Crippen LogP contribution in [0.25, 0.3) is 0 Å². The minimum absolute atomic E-state index is 0.210. The molecule has 0 aliphatic heterocycles. The lowest BCUT2D eigenvalue weighted by Gasteiger charge is -2.23. The van der Waals surface area contributed by atoms with Crippen molar-refractivity contribution in [2.45, 2.75) is 65.7 Å². The first kappa shape index (κ1) is 20.9. The number of benzene rings is 1. The normalized spacial score (nSPS) is 16.8. The van der Waals surface area contributed by atoms with Gasteiger partial charge in [0.1, 0.15) is 5.78 Å². The molecule has 0 saturated heterocycles. The van der Waals surface area contributed by atoms with Gasteiger partial charge in [0.15, 0.2) is 0 Å². The van der Waals surface area contributed by atoms with Gasteiger partial charge >= 0.3 is 6.16 Å². The largest absolute Gasteiger partial charge is 0.503 e. The molecule has 4 heteroatoms. The molecule has 1 saturated carbocycles. The topological polar surface area (TPSA) is 74.6 Å². The maximum atomic E-state index is 12.7. The number of carboxylic acid groups (broad SMARTS) is 2. The molecule has 0 radical (unpaired) electrons. The average molecular weight is 346 g/mol. The fourth-order valence-corrected chi connectivity index (χ4v) is 3.57. The quantitative estimate of drug-likeness (QED) is 0.719. The molecular formula is C21H30O4. The number of aryl methyl sites for hydroxylation is 3. The molecule has 0 bridgehead atoms. The fraction of sp³-hybridized carbons (Fsp3) is 0.524. The molecule has 1 atom stereocenters. The van der Waals surface area contributed by atoms with Gasteiger partial charge in [0.2, 0.25) is 0 Å². The highest BCUT2D eigenvalue weighted by atomic mass is 16.6. The zero-order valence-corrected chi connectivity index (χ0v) is 15.6. The van der Waals surface area contributed by atoms with E-state index in [1.807, 2.05) is 0 Å². The van der Waals surface area contributed by atoms with Gasteiger partial charge in [-0.3, -0.25) is 4.79 Å². The summed E-state index contributed by atoms with van der Waals surface area (Å²) < 4.78 is 0. The zero-order chi connectivity index (χ0) is 19.0. The first-order chi connectivity index (χ1) is 11.8. The van der Waals surface area contributed by atoms with E-state index in [4.69, 9.17) is 15.0 Å². The van der Waals surface area contributed by atoms with Gasteiger partial charge in [0.25, 0.3) is 0 Å². The highest BCUT2D eigenvalue weighted by Crippen LogP contribution is 2.30. The summed E-state index contributed by atoms with van der Waals surface area (Å²) in [7, 11) is 0. The van der Waals surface area contributed by atoms with Crippen molar-refractivity contribution in [1.29, 1.82) is 0 Å². The summed E-state index contributed by atoms with van der Waals surface area (Å²) in [5.74, 6) is 0.631. The Morgan fingerprint density at radius 1 is 1.16 bits per heavy atom. The van der Waals surface area contributed by atoms with Crippen LogP contribution in [0.15, 0.2) is 24.3 Å². The lowest BCUT2D eigenvalue weighted by molar-refractivity contribution is -0.122. The van der Waals surface area contributed by atoms with Crippen molar-refractivity contribution in [3.05, 3.63) is 46.5 Å². The Labute approximate surface area is 150 Å². The number of ketones is 1. The van der Waals surface area contributed by atoms with Crippen molar-refractivity contribution >= 4 is 11.9 Å². The van der Waals surface area contributed by atoms with Crippen molar-refractivity contribution in [2.24, 2.45) is 5.92 Å². The highest BCUT2D eigenvalue weighted by molar-refractivity contribution is 5.84. The van der Waals surface area contributed by atoms with Gasteiger partial charge in [-0.25, -0.2) is 4.79 Å². The van der Waals surface area contributed by atoms with E-state index in [1.165, 1.54) is 27.8 Å². The Kier molecular flexibility index (Phi) is 8.39. The second-order valence-electron chi connectivity index (χ2n) is 6.74. The smallest absolute Gasteiger partial charge is 0.450 e. The van der Waals surface area contributed by atoms with E-state index in [0.717, 1.165) is 38.5 Å². The predicted molar refractivity (Wildman–Crippen MR) is 100 cm³/mol. The maximum Gasteiger partial charge on any atom is 0.503 e. The molecule has 4 nitrogen and oxygen atoms in total. The molecule has 0 heterocycles. The molecule has 0 spiro atoms. The molecule has 0 aromatic heterocycles. The number of carbonyl (C=O) groups excluding carboxylic acids is 1. The Morgan fingerprint density at radius 3 is 2.12 bits per heavy atom. The van der Waals surface area contributed by atoms with Gasteiger partial charge in [-0.1, -0.05) is 43.7 Å². The molecular weight excluding hydrogens is 316 g/mol. The Hall–Kier alpha value is -2.10. The first-order valence-corrected chi connectivity index (χ1v) is 9.00. The van der Waals surface area contributed by atoms with Gasteiger partial charge in [0, 0.05) is 12.3 Å². The molecule has 2 rings (SSSR count). The van der Waals surface area contributed by atoms with Crippen molar-refractivity contribution in [2.75, 3.05) is 0 Å². The third kappa shape index (κ3) is 6.73. The standard InChI is InChI=1S/C20H28O.CH2O3/c1-5-16-11-15(4)12-17(6-2)19(16)13-20(21)18-9-7-8-14(3)10-18;2-1(3)4/h11-12,18H,3,5-10,13H2,1-2,4H3;(H2,2,3,4). The van der Waals surface area contributed by atoms with Gasteiger partial charge in [-0.15, -0.1) is 0 Å². The number of hydrogen-bond donors (Lipinski definition) is 2. The third-order valence-corrected chi connectivity index (χ3v) is 4.77. The minimum atomic E-state index is -1.83. The number of carbonyl (C=O) groups is 2. The highest BCUT2D eigenvalue weighted by Gasteiger charge is 2.24. The van der Waals surface area contributed by atoms with Gasteiger partial charge in [-0.2, -0.15) is 0 Å². The molecule has 1 aliphatic rings. The summed E-state index contributed by atoms with van der Waals surface area (Å²) in [5, 5.41) is 13.9. The molecule has 138 valence electrons. The van der Waals surface area contributed by atoms with Gasteiger partial charge < -0.3 is 10.2 Å². The van der Waals surface area contributed by atoms with Crippen LogP contribution in [0.5, 0.6) is 0 Å². The van der Waals surface area contributed by atoms with Crippen LogP contribution in [0.4, 0.5) is 4.79 Å². The lowest BCUT2D eigenvalue weighted by atomic mass is 9.80. The van der Waals surface area contributed by atoms with Crippen LogP contribution in [-0.2, 0) is 24.1 Å². The van der Waals surface area contributed by atoms with Gasteiger partial charge in [-0.05, 0) is 62.1 Å². The summed E-state index contributed by atoms with van der Waals surface area (Å²) in [4.78, 5) is 21.2. The number of Topliss-reactive ketones (excluding diaryl/α,β-unsaturated/α-hetero) is 1.